The minimum atomic E-state index is -0.292. The van der Waals surface area contributed by atoms with Crippen LogP contribution in [0.5, 0.6) is 11.5 Å². The molecule has 7 heteroatoms. The zero-order valence-electron chi connectivity index (χ0n) is 13.9. The molecular weight excluding hydrogens is 338 g/mol. The smallest absolute Gasteiger partial charge is 0.257 e. The van der Waals surface area contributed by atoms with Crippen molar-refractivity contribution < 1.29 is 14.3 Å². The number of rotatable bonds is 6. The van der Waals surface area contributed by atoms with Gasteiger partial charge in [-0.3, -0.25) is 10.1 Å². The van der Waals surface area contributed by atoms with Crippen LogP contribution in [0.1, 0.15) is 20.9 Å². The van der Waals surface area contributed by atoms with Crippen molar-refractivity contribution >= 4 is 22.4 Å². The summed E-state index contributed by atoms with van der Waals surface area (Å²) in [6, 6.07) is 15.0. The van der Waals surface area contributed by atoms with Gasteiger partial charge in [-0.2, -0.15) is 0 Å². The van der Waals surface area contributed by atoms with Crippen molar-refractivity contribution in [2.75, 3.05) is 19.5 Å². The van der Waals surface area contributed by atoms with E-state index in [1.807, 2.05) is 30.3 Å². The summed E-state index contributed by atoms with van der Waals surface area (Å²) in [7, 11) is 3.08. The Bertz CT molecular complexity index is 843. The molecule has 0 radical (unpaired) electrons. The Morgan fingerprint density at radius 3 is 2.36 bits per heavy atom. The molecule has 3 rings (SSSR count). The molecule has 2 aromatic carbocycles. The van der Waals surface area contributed by atoms with Gasteiger partial charge in [-0.15, -0.1) is 10.2 Å². The van der Waals surface area contributed by atoms with Crippen LogP contribution in [-0.2, 0) is 6.42 Å². The summed E-state index contributed by atoms with van der Waals surface area (Å²) < 4.78 is 10.4. The molecule has 1 aromatic heterocycles. The van der Waals surface area contributed by atoms with Crippen molar-refractivity contribution in [3.63, 3.8) is 0 Å². The number of nitrogens with zero attached hydrogens (tertiary/aromatic N) is 2. The van der Waals surface area contributed by atoms with Crippen molar-refractivity contribution in [3.8, 4) is 11.5 Å². The average Bonchev–Trinajstić information content (AvgIpc) is 3.08. The molecule has 0 spiro atoms. The van der Waals surface area contributed by atoms with Crippen LogP contribution in [-0.4, -0.2) is 30.3 Å². The lowest BCUT2D eigenvalue weighted by Gasteiger charge is -2.07. The van der Waals surface area contributed by atoms with Gasteiger partial charge in [0.2, 0.25) is 5.13 Å². The van der Waals surface area contributed by atoms with Gasteiger partial charge in [0, 0.05) is 18.1 Å². The summed E-state index contributed by atoms with van der Waals surface area (Å²) >= 11 is 1.35. The van der Waals surface area contributed by atoms with Crippen LogP contribution >= 0.6 is 11.3 Å². The number of carbonyl (C=O) groups is 1. The Morgan fingerprint density at radius 1 is 1.04 bits per heavy atom. The van der Waals surface area contributed by atoms with Gasteiger partial charge in [0.25, 0.3) is 5.91 Å². The SMILES string of the molecule is COc1cc(OC)cc(C(=O)Nc2nnc(Cc3ccccc3)s2)c1. The predicted molar refractivity (Wildman–Crippen MR) is 96.7 cm³/mol. The first-order valence-electron chi connectivity index (χ1n) is 7.58. The molecule has 0 aliphatic heterocycles. The molecular formula is C18H17N3O3S. The van der Waals surface area contributed by atoms with Crippen molar-refractivity contribution in [2.24, 2.45) is 0 Å². The van der Waals surface area contributed by atoms with Crippen molar-refractivity contribution in [2.45, 2.75) is 6.42 Å². The number of amides is 1. The number of carbonyl (C=O) groups excluding carboxylic acids is 1. The van der Waals surface area contributed by atoms with Crippen molar-refractivity contribution in [1.82, 2.24) is 10.2 Å². The molecule has 0 atom stereocenters. The minimum absolute atomic E-state index is 0.292. The molecule has 25 heavy (non-hydrogen) atoms. The molecule has 0 bridgehead atoms. The van der Waals surface area contributed by atoms with E-state index >= 15 is 0 Å². The molecule has 1 N–H and O–H groups in total. The molecule has 0 saturated carbocycles. The Morgan fingerprint density at radius 2 is 1.72 bits per heavy atom. The predicted octanol–water partition coefficient (Wildman–Crippen LogP) is 3.40. The van der Waals surface area contributed by atoms with Gasteiger partial charge in [-0.05, 0) is 17.7 Å². The van der Waals surface area contributed by atoms with Gasteiger partial charge < -0.3 is 9.47 Å². The van der Waals surface area contributed by atoms with Crippen LogP contribution in [0.15, 0.2) is 48.5 Å². The number of hydrogen-bond donors (Lipinski definition) is 1. The maximum atomic E-state index is 12.4. The van der Waals surface area contributed by atoms with E-state index in [0.29, 0.717) is 28.6 Å². The summed E-state index contributed by atoms with van der Waals surface area (Å²) in [6.07, 6.45) is 0.682. The second kappa shape index (κ2) is 7.76. The summed E-state index contributed by atoms with van der Waals surface area (Å²) in [4.78, 5) is 12.4. The first-order valence-corrected chi connectivity index (χ1v) is 8.40. The molecule has 6 nitrogen and oxygen atoms in total. The van der Waals surface area contributed by atoms with E-state index in [9.17, 15) is 4.79 Å². The lowest BCUT2D eigenvalue weighted by atomic mass is 10.2. The third kappa shape index (κ3) is 4.33. The van der Waals surface area contributed by atoms with Crippen LogP contribution in [0.25, 0.3) is 0 Å². The summed E-state index contributed by atoms with van der Waals surface area (Å²) in [5.41, 5.74) is 1.57. The van der Waals surface area contributed by atoms with E-state index in [1.165, 1.54) is 25.6 Å². The number of anilines is 1. The maximum absolute atomic E-state index is 12.4. The maximum Gasteiger partial charge on any atom is 0.257 e. The third-order valence-corrected chi connectivity index (χ3v) is 4.34. The van der Waals surface area contributed by atoms with Gasteiger partial charge in [0.15, 0.2) is 0 Å². The highest BCUT2D eigenvalue weighted by Crippen LogP contribution is 2.24. The third-order valence-electron chi connectivity index (χ3n) is 3.50. The van der Waals surface area contributed by atoms with Gasteiger partial charge >= 0.3 is 0 Å². The zero-order chi connectivity index (χ0) is 17.6. The van der Waals surface area contributed by atoms with E-state index in [0.717, 1.165) is 10.6 Å². The van der Waals surface area contributed by atoms with Gasteiger partial charge in [-0.25, -0.2) is 0 Å². The van der Waals surface area contributed by atoms with E-state index in [1.54, 1.807) is 18.2 Å². The fourth-order valence-electron chi connectivity index (χ4n) is 2.25. The number of hydrogen-bond acceptors (Lipinski definition) is 6. The summed E-state index contributed by atoms with van der Waals surface area (Å²) in [5.74, 6) is 0.803. The van der Waals surface area contributed by atoms with Gasteiger partial charge in [0.05, 0.1) is 14.2 Å². The zero-order valence-corrected chi connectivity index (χ0v) is 14.7. The Balaban J connectivity index is 1.71. The number of benzene rings is 2. The molecule has 128 valence electrons. The Kier molecular flexibility index (Phi) is 5.25. The number of methoxy groups -OCH3 is 2. The number of ether oxygens (including phenoxy) is 2. The highest BCUT2D eigenvalue weighted by molar-refractivity contribution is 7.15. The minimum Gasteiger partial charge on any atom is -0.497 e. The fraction of sp³-hybridized carbons (Fsp3) is 0.167. The quantitative estimate of drug-likeness (QED) is 0.734. The molecule has 3 aromatic rings. The van der Waals surface area contributed by atoms with Gasteiger partial charge in [-0.1, -0.05) is 41.7 Å². The molecule has 0 aliphatic rings. The number of nitrogens with one attached hydrogen (secondary N) is 1. The second-order valence-electron chi connectivity index (χ2n) is 5.22. The average molecular weight is 355 g/mol. The molecule has 0 saturated heterocycles. The summed E-state index contributed by atoms with van der Waals surface area (Å²) in [5, 5.41) is 12.2. The molecule has 0 aliphatic carbocycles. The van der Waals surface area contributed by atoms with Crippen LogP contribution in [0, 0.1) is 0 Å². The van der Waals surface area contributed by atoms with E-state index in [4.69, 9.17) is 9.47 Å². The first kappa shape index (κ1) is 16.9. The second-order valence-corrected chi connectivity index (χ2v) is 6.28. The van der Waals surface area contributed by atoms with Gasteiger partial charge in [0.1, 0.15) is 16.5 Å². The number of aromatic nitrogens is 2. The topological polar surface area (TPSA) is 73.3 Å². The molecule has 1 amide bonds. The Labute approximate surface area is 149 Å². The van der Waals surface area contributed by atoms with E-state index in [2.05, 4.69) is 15.5 Å². The lowest BCUT2D eigenvalue weighted by molar-refractivity contribution is 0.102. The summed E-state index contributed by atoms with van der Waals surface area (Å²) in [6.45, 7) is 0. The highest BCUT2D eigenvalue weighted by Gasteiger charge is 2.13. The van der Waals surface area contributed by atoms with E-state index < -0.39 is 0 Å². The fourth-order valence-corrected chi connectivity index (χ4v) is 3.02. The normalized spacial score (nSPS) is 10.3. The van der Waals surface area contributed by atoms with Crippen molar-refractivity contribution in [1.29, 1.82) is 0 Å². The van der Waals surface area contributed by atoms with E-state index in [-0.39, 0.29) is 5.91 Å². The van der Waals surface area contributed by atoms with Crippen LogP contribution in [0.2, 0.25) is 0 Å². The van der Waals surface area contributed by atoms with Crippen molar-refractivity contribution in [3.05, 3.63) is 64.7 Å². The lowest BCUT2D eigenvalue weighted by Crippen LogP contribution is -2.12. The largest absolute Gasteiger partial charge is 0.497 e. The first-order chi connectivity index (χ1) is 12.2. The molecule has 0 unspecified atom stereocenters. The van der Waals surface area contributed by atoms with Crippen LogP contribution in [0.4, 0.5) is 5.13 Å². The van der Waals surface area contributed by atoms with Crippen LogP contribution in [0.3, 0.4) is 0 Å². The molecule has 0 fully saturated rings. The standard InChI is InChI=1S/C18H17N3O3S/c1-23-14-9-13(10-15(11-14)24-2)17(22)19-18-21-20-16(25-18)8-12-6-4-3-5-7-12/h3-7,9-11H,8H2,1-2H3,(H,19,21,22). The highest BCUT2D eigenvalue weighted by atomic mass is 32.1. The Hall–Kier alpha value is -2.93. The molecule has 1 heterocycles. The monoisotopic (exact) mass is 355 g/mol. The van der Waals surface area contributed by atoms with Crippen LogP contribution < -0.4 is 14.8 Å².